The van der Waals surface area contributed by atoms with E-state index in [9.17, 15) is 4.79 Å². The van der Waals surface area contributed by atoms with Crippen LogP contribution in [-0.4, -0.2) is 5.78 Å². The number of carbonyl (C=O) groups excluding carboxylic acids is 1. The molecule has 22 heavy (non-hydrogen) atoms. The highest BCUT2D eigenvalue weighted by Crippen LogP contribution is 2.24. The summed E-state index contributed by atoms with van der Waals surface area (Å²) in [6, 6.07) is 15.3. The molecule has 0 atom stereocenters. The van der Waals surface area contributed by atoms with Crippen LogP contribution in [0.2, 0.25) is 0 Å². The molecule has 2 aromatic carbocycles. The molecule has 0 heterocycles. The Balaban J connectivity index is 1.84. The van der Waals surface area contributed by atoms with Crippen LogP contribution in [0.1, 0.15) is 23.2 Å². The lowest BCUT2D eigenvalue weighted by Gasteiger charge is -2.11. The number of nitrogen functional groups attached to an aromatic ring is 1. The van der Waals surface area contributed by atoms with E-state index in [0.717, 1.165) is 34.5 Å². The van der Waals surface area contributed by atoms with E-state index in [2.05, 4.69) is 0 Å². The van der Waals surface area contributed by atoms with Crippen molar-refractivity contribution in [3.05, 3.63) is 77.5 Å². The summed E-state index contributed by atoms with van der Waals surface area (Å²) >= 11 is 0. The van der Waals surface area contributed by atoms with Crippen LogP contribution in [0.4, 0.5) is 5.69 Å². The van der Waals surface area contributed by atoms with Crippen molar-refractivity contribution in [1.29, 1.82) is 0 Å². The topological polar surface area (TPSA) is 69.1 Å². The van der Waals surface area contributed by atoms with Crippen LogP contribution in [0.5, 0.6) is 0 Å². The first-order valence-electron chi connectivity index (χ1n) is 7.29. The van der Waals surface area contributed by atoms with Gasteiger partial charge in [-0.3, -0.25) is 4.79 Å². The van der Waals surface area contributed by atoms with Crippen molar-refractivity contribution in [2.24, 2.45) is 5.73 Å². The van der Waals surface area contributed by atoms with E-state index in [1.165, 1.54) is 0 Å². The van der Waals surface area contributed by atoms with Gasteiger partial charge in [0.2, 0.25) is 0 Å². The molecule has 0 bridgehead atoms. The fourth-order valence-electron chi connectivity index (χ4n) is 2.56. The van der Waals surface area contributed by atoms with E-state index in [1.54, 1.807) is 0 Å². The second-order valence-corrected chi connectivity index (χ2v) is 5.47. The zero-order valence-corrected chi connectivity index (χ0v) is 12.3. The highest BCUT2D eigenvalue weighted by atomic mass is 16.1. The van der Waals surface area contributed by atoms with Gasteiger partial charge in [0.25, 0.3) is 0 Å². The van der Waals surface area contributed by atoms with E-state index in [0.29, 0.717) is 12.0 Å². The highest BCUT2D eigenvalue weighted by molar-refractivity contribution is 6.09. The second kappa shape index (κ2) is 5.90. The highest BCUT2D eigenvalue weighted by Gasteiger charge is 2.14. The fourth-order valence-corrected chi connectivity index (χ4v) is 2.56. The smallest absolute Gasteiger partial charge is 0.189 e. The summed E-state index contributed by atoms with van der Waals surface area (Å²) in [7, 11) is 0. The first-order valence-corrected chi connectivity index (χ1v) is 7.29. The van der Waals surface area contributed by atoms with Crippen molar-refractivity contribution < 1.29 is 4.79 Å². The average Bonchev–Trinajstić information content (AvgIpc) is 2.55. The molecular formula is C19H18N2O. The quantitative estimate of drug-likeness (QED) is 0.669. The zero-order valence-electron chi connectivity index (χ0n) is 12.3. The largest absolute Gasteiger partial charge is 0.402 e. The Kier molecular flexibility index (Phi) is 3.79. The van der Waals surface area contributed by atoms with Crippen molar-refractivity contribution in [1.82, 2.24) is 0 Å². The number of nitrogens with two attached hydrogens (primary N) is 2. The van der Waals surface area contributed by atoms with Crippen LogP contribution < -0.4 is 11.5 Å². The van der Waals surface area contributed by atoms with Crippen LogP contribution in [0.25, 0.3) is 11.1 Å². The predicted molar refractivity (Wildman–Crippen MR) is 90.2 cm³/mol. The predicted octanol–water partition coefficient (Wildman–Crippen LogP) is 3.68. The van der Waals surface area contributed by atoms with Crippen LogP contribution in [0.3, 0.4) is 0 Å². The molecular weight excluding hydrogens is 272 g/mol. The van der Waals surface area contributed by atoms with Crippen LogP contribution in [-0.2, 0) is 0 Å². The summed E-state index contributed by atoms with van der Waals surface area (Å²) < 4.78 is 0. The van der Waals surface area contributed by atoms with Gasteiger partial charge in [-0.15, -0.1) is 0 Å². The molecule has 1 aliphatic carbocycles. The standard InChI is InChI=1S/C19H18N2O/c20-17-10-8-15(9-11-17)19(22)14-6-4-13(5-7-14)16-2-1-3-18(21)12-16/h1-8,10,12H,9,11,20-21H2. The van der Waals surface area contributed by atoms with Gasteiger partial charge in [0.15, 0.2) is 5.78 Å². The SMILES string of the molecule is NC1=CC=C(C(=O)c2ccc(-c3cccc(N)c3)cc2)CC1. The summed E-state index contributed by atoms with van der Waals surface area (Å²) in [4.78, 5) is 12.4. The third kappa shape index (κ3) is 2.93. The van der Waals surface area contributed by atoms with E-state index in [-0.39, 0.29) is 5.78 Å². The molecule has 0 saturated carbocycles. The minimum Gasteiger partial charge on any atom is -0.402 e. The average molecular weight is 290 g/mol. The minimum absolute atomic E-state index is 0.0721. The van der Waals surface area contributed by atoms with Gasteiger partial charge in [-0.2, -0.15) is 0 Å². The molecule has 1 aliphatic rings. The Morgan fingerprint density at radius 1 is 0.864 bits per heavy atom. The number of hydrogen-bond acceptors (Lipinski definition) is 3. The van der Waals surface area contributed by atoms with Crippen LogP contribution in [0.15, 0.2) is 72.0 Å². The van der Waals surface area contributed by atoms with Crippen LogP contribution in [0, 0.1) is 0 Å². The molecule has 0 amide bonds. The lowest BCUT2D eigenvalue weighted by atomic mass is 9.94. The summed E-state index contributed by atoms with van der Waals surface area (Å²) in [6.45, 7) is 0. The second-order valence-electron chi connectivity index (χ2n) is 5.47. The zero-order chi connectivity index (χ0) is 15.5. The number of allylic oxidation sites excluding steroid dienone is 4. The van der Waals surface area contributed by atoms with Crippen molar-refractivity contribution in [3.8, 4) is 11.1 Å². The lowest BCUT2D eigenvalue weighted by Crippen LogP contribution is -2.09. The number of ketones is 1. The monoisotopic (exact) mass is 290 g/mol. The molecule has 0 spiro atoms. The van der Waals surface area contributed by atoms with Crippen molar-refractivity contribution in [2.45, 2.75) is 12.8 Å². The Morgan fingerprint density at radius 3 is 2.27 bits per heavy atom. The van der Waals surface area contributed by atoms with E-state index >= 15 is 0 Å². The molecule has 3 heteroatoms. The maximum Gasteiger partial charge on any atom is 0.189 e. The third-order valence-corrected chi connectivity index (χ3v) is 3.84. The molecule has 3 rings (SSSR count). The molecule has 4 N–H and O–H groups in total. The number of hydrogen-bond donors (Lipinski definition) is 2. The third-order valence-electron chi connectivity index (χ3n) is 3.84. The lowest BCUT2D eigenvalue weighted by molar-refractivity contribution is 0.103. The summed E-state index contributed by atoms with van der Waals surface area (Å²) in [5, 5.41) is 0. The molecule has 0 fully saturated rings. The van der Waals surface area contributed by atoms with Crippen molar-refractivity contribution in [2.75, 3.05) is 5.73 Å². The molecule has 110 valence electrons. The van der Waals surface area contributed by atoms with E-state index < -0.39 is 0 Å². The molecule has 0 saturated heterocycles. The first-order chi connectivity index (χ1) is 10.6. The van der Waals surface area contributed by atoms with Gasteiger partial charge in [-0.05, 0) is 42.2 Å². The Bertz CT molecular complexity index is 770. The number of Topliss-reactive ketones (excluding diaryl/α,β-unsaturated/α-hetero) is 1. The summed E-state index contributed by atoms with van der Waals surface area (Å²) in [6.07, 6.45) is 5.10. The fraction of sp³-hybridized carbons (Fsp3) is 0.105. The summed E-state index contributed by atoms with van der Waals surface area (Å²) in [5.41, 5.74) is 16.7. The van der Waals surface area contributed by atoms with E-state index in [1.807, 2.05) is 60.7 Å². The van der Waals surface area contributed by atoms with Gasteiger partial charge in [0.1, 0.15) is 0 Å². The minimum atomic E-state index is 0.0721. The van der Waals surface area contributed by atoms with Gasteiger partial charge in [-0.25, -0.2) is 0 Å². The van der Waals surface area contributed by atoms with Gasteiger partial charge < -0.3 is 11.5 Å². The Morgan fingerprint density at radius 2 is 1.64 bits per heavy atom. The molecule has 0 unspecified atom stereocenters. The Labute approximate surface area is 129 Å². The maximum atomic E-state index is 12.4. The van der Waals surface area contributed by atoms with E-state index in [4.69, 9.17) is 11.5 Å². The number of rotatable bonds is 3. The normalized spacial score (nSPS) is 14.2. The van der Waals surface area contributed by atoms with Crippen molar-refractivity contribution in [3.63, 3.8) is 0 Å². The summed E-state index contributed by atoms with van der Waals surface area (Å²) in [5.74, 6) is 0.0721. The number of carbonyl (C=O) groups is 1. The van der Waals surface area contributed by atoms with Gasteiger partial charge in [0.05, 0.1) is 0 Å². The Hall–Kier alpha value is -2.81. The van der Waals surface area contributed by atoms with Gasteiger partial charge in [0, 0.05) is 22.5 Å². The molecule has 0 aliphatic heterocycles. The molecule has 0 aromatic heterocycles. The first kappa shape index (κ1) is 14.1. The van der Waals surface area contributed by atoms with Crippen molar-refractivity contribution >= 4 is 11.5 Å². The molecule has 2 aromatic rings. The maximum absolute atomic E-state index is 12.4. The van der Waals surface area contributed by atoms with Crippen LogP contribution >= 0.6 is 0 Å². The van der Waals surface area contributed by atoms with Gasteiger partial charge in [-0.1, -0.05) is 42.5 Å². The number of benzene rings is 2. The molecule has 0 radical (unpaired) electrons. The van der Waals surface area contributed by atoms with Gasteiger partial charge >= 0.3 is 0 Å². The number of anilines is 1. The molecule has 3 nitrogen and oxygen atoms in total.